The van der Waals surface area contributed by atoms with E-state index >= 15 is 0 Å². The Kier molecular flexibility index (Phi) is 7.80. The van der Waals surface area contributed by atoms with Crippen LogP contribution in [0.1, 0.15) is 54.2 Å². The van der Waals surface area contributed by atoms with Crippen LogP contribution in [0.25, 0.3) is 43.5 Å². The van der Waals surface area contributed by atoms with E-state index in [-0.39, 0.29) is 12.1 Å². The van der Waals surface area contributed by atoms with Crippen LogP contribution in [0.5, 0.6) is 0 Å². The van der Waals surface area contributed by atoms with E-state index in [2.05, 4.69) is 238 Å². The predicted molar refractivity (Wildman–Crippen MR) is 281 cm³/mol. The van der Waals surface area contributed by atoms with E-state index in [0.29, 0.717) is 0 Å². The van der Waals surface area contributed by atoms with E-state index in [4.69, 9.17) is 0 Å². The van der Waals surface area contributed by atoms with Gasteiger partial charge in [0.05, 0.1) is 11.1 Å². The summed E-state index contributed by atoms with van der Waals surface area (Å²) in [4.78, 5) is 5.13. The molecule has 312 valence electrons. The van der Waals surface area contributed by atoms with E-state index in [1.807, 2.05) is 11.3 Å². The Morgan fingerprint density at radius 2 is 1.05 bits per heavy atom. The highest BCUT2D eigenvalue weighted by molar-refractivity contribution is 7.33. The Bertz CT molecular complexity index is 3610. The average molecular weight is 861 g/mol. The summed E-state index contributed by atoms with van der Waals surface area (Å²) in [7, 11) is 0. The lowest BCUT2D eigenvalue weighted by Crippen LogP contribution is -2.60. The molecule has 3 heterocycles. The zero-order valence-electron chi connectivity index (χ0n) is 37.4. The molecule has 0 N–H and O–H groups in total. The van der Waals surface area contributed by atoms with Crippen molar-refractivity contribution in [1.29, 1.82) is 0 Å². The molecule has 0 saturated carbocycles. The maximum Gasteiger partial charge on any atom is 0.264 e. The van der Waals surface area contributed by atoms with Crippen LogP contribution >= 0.6 is 11.3 Å². The van der Waals surface area contributed by atoms with E-state index in [9.17, 15) is 0 Å². The van der Waals surface area contributed by atoms with Crippen molar-refractivity contribution in [1.82, 2.24) is 0 Å². The van der Waals surface area contributed by atoms with Gasteiger partial charge in [0, 0.05) is 43.3 Å². The van der Waals surface area contributed by atoms with Crippen molar-refractivity contribution in [2.45, 2.75) is 38.5 Å². The number of hydrogen-bond acceptors (Lipinski definition) is 3. The molecule has 0 bridgehead atoms. The van der Waals surface area contributed by atoms with Crippen molar-refractivity contribution in [3.8, 4) is 33.4 Å². The molecule has 1 spiro atoms. The summed E-state index contributed by atoms with van der Waals surface area (Å²) >= 11 is 2.00. The molecular formula is C62H45BN2S. The summed E-state index contributed by atoms with van der Waals surface area (Å²) in [6.45, 7) is 9.33. The van der Waals surface area contributed by atoms with Crippen molar-refractivity contribution in [3.05, 3.63) is 234 Å². The van der Waals surface area contributed by atoms with E-state index in [0.717, 1.165) is 5.69 Å². The van der Waals surface area contributed by atoms with Gasteiger partial charge in [-0.15, -0.1) is 11.3 Å². The lowest BCUT2D eigenvalue weighted by molar-refractivity contribution is 0.588. The van der Waals surface area contributed by atoms with Crippen molar-refractivity contribution in [2.75, 3.05) is 9.80 Å². The van der Waals surface area contributed by atoms with Gasteiger partial charge in [-0.05, 0) is 145 Å². The zero-order chi connectivity index (χ0) is 44.1. The van der Waals surface area contributed by atoms with Gasteiger partial charge in [0.1, 0.15) is 0 Å². The van der Waals surface area contributed by atoms with Gasteiger partial charge >= 0.3 is 0 Å². The number of rotatable bonds is 3. The molecule has 0 saturated heterocycles. The minimum atomic E-state index is -0.439. The Balaban J connectivity index is 1.10. The number of anilines is 6. The monoisotopic (exact) mass is 860 g/mol. The van der Waals surface area contributed by atoms with Crippen LogP contribution < -0.4 is 25.5 Å². The van der Waals surface area contributed by atoms with Crippen LogP contribution in [0.4, 0.5) is 34.1 Å². The van der Waals surface area contributed by atoms with Crippen molar-refractivity contribution < 1.29 is 0 Å². The first-order chi connectivity index (χ1) is 32.3. The van der Waals surface area contributed by atoms with E-state index < -0.39 is 5.41 Å². The fraction of sp³-hybridized carbons (Fsp3) is 0.0968. The molecule has 4 aliphatic rings. The first kappa shape index (κ1) is 37.9. The van der Waals surface area contributed by atoms with E-state index in [1.165, 1.54) is 121 Å². The predicted octanol–water partition coefficient (Wildman–Crippen LogP) is 14.6. The molecule has 0 unspecified atom stereocenters. The highest BCUT2D eigenvalue weighted by atomic mass is 32.1. The molecule has 14 rings (SSSR count). The van der Waals surface area contributed by atoms with Crippen LogP contribution in [0.2, 0.25) is 0 Å². The Morgan fingerprint density at radius 3 is 1.71 bits per heavy atom. The molecule has 1 aromatic heterocycles. The lowest BCUT2D eigenvalue weighted by atomic mass is 9.36. The van der Waals surface area contributed by atoms with Crippen molar-refractivity contribution in [2.24, 2.45) is 0 Å². The molecule has 0 fully saturated rings. The number of benzene rings is 9. The molecule has 0 atom stereocenters. The Hall–Kier alpha value is -7.40. The fourth-order valence-electron chi connectivity index (χ4n) is 12.2. The van der Waals surface area contributed by atoms with Crippen LogP contribution in [0.3, 0.4) is 0 Å². The summed E-state index contributed by atoms with van der Waals surface area (Å²) in [6, 6.07) is 76.0. The first-order valence-electron chi connectivity index (χ1n) is 23.3. The summed E-state index contributed by atoms with van der Waals surface area (Å²) < 4.78 is 2.71. The smallest absolute Gasteiger partial charge is 0.264 e. The van der Waals surface area contributed by atoms with Gasteiger partial charge in [-0.25, -0.2) is 0 Å². The highest BCUT2D eigenvalue weighted by Crippen LogP contribution is 2.64. The lowest BCUT2D eigenvalue weighted by Gasteiger charge is -2.43. The van der Waals surface area contributed by atoms with Crippen LogP contribution in [-0.2, 0) is 10.8 Å². The third kappa shape index (κ3) is 5.03. The molecular weight excluding hydrogens is 816 g/mol. The first-order valence-corrected chi connectivity index (χ1v) is 24.1. The second-order valence-corrected chi connectivity index (χ2v) is 20.8. The largest absolute Gasteiger partial charge is 0.311 e. The summed E-state index contributed by atoms with van der Waals surface area (Å²) in [5.41, 5.74) is 25.5. The zero-order valence-corrected chi connectivity index (χ0v) is 38.2. The van der Waals surface area contributed by atoms with E-state index in [1.54, 1.807) is 0 Å². The molecule has 2 aliphatic carbocycles. The molecule has 0 amide bonds. The van der Waals surface area contributed by atoms with Crippen LogP contribution in [-0.4, -0.2) is 6.71 Å². The number of aryl methyl sites for hydroxylation is 1. The number of thiophene rings is 1. The number of para-hydroxylation sites is 2. The average Bonchev–Trinajstić information content (AvgIpc) is 3.97. The quantitative estimate of drug-likeness (QED) is 0.163. The minimum absolute atomic E-state index is 0.00312. The van der Waals surface area contributed by atoms with Gasteiger partial charge in [-0.2, -0.15) is 0 Å². The van der Waals surface area contributed by atoms with Gasteiger partial charge in [-0.1, -0.05) is 166 Å². The number of nitrogens with zero attached hydrogens (tertiary/aromatic N) is 2. The maximum absolute atomic E-state index is 2.61. The second kappa shape index (κ2) is 13.6. The Morgan fingerprint density at radius 1 is 0.470 bits per heavy atom. The topological polar surface area (TPSA) is 6.48 Å². The maximum atomic E-state index is 2.61. The van der Waals surface area contributed by atoms with Crippen molar-refractivity contribution in [3.63, 3.8) is 0 Å². The van der Waals surface area contributed by atoms with Gasteiger partial charge in [0.25, 0.3) is 6.71 Å². The SMILES string of the molecule is Cc1cc2c3c(c1)N(c1ccccc1)c1c(sc4cc5c(cc14)-c1ccc(C(C)(C)C)cc1C51c4ccccc4-c4ccccc41)B3c1ccc(-c3ccccc3)cc1N2c1ccccc1. The van der Waals surface area contributed by atoms with Gasteiger partial charge in [-0.3, -0.25) is 0 Å². The molecule has 4 heteroatoms. The molecule has 0 radical (unpaired) electrons. The summed E-state index contributed by atoms with van der Waals surface area (Å²) in [5, 5.41) is 1.31. The van der Waals surface area contributed by atoms with Gasteiger partial charge < -0.3 is 9.80 Å². The number of fused-ring (bicyclic) bond motifs is 16. The molecule has 2 nitrogen and oxygen atoms in total. The van der Waals surface area contributed by atoms with Crippen molar-refractivity contribution >= 4 is 78.0 Å². The third-order valence-corrected chi connectivity index (χ3v) is 16.2. The molecule has 2 aliphatic heterocycles. The Labute approximate surface area is 391 Å². The summed E-state index contributed by atoms with van der Waals surface area (Å²) in [6.07, 6.45) is 0. The molecule has 9 aromatic carbocycles. The van der Waals surface area contributed by atoms with Gasteiger partial charge in [0.15, 0.2) is 0 Å². The van der Waals surface area contributed by atoms with Crippen LogP contribution in [0, 0.1) is 6.92 Å². The standard InChI is InChI=1S/C62H45BN2S/c1-38-32-55-58-56(33-38)65(43-22-12-7-13-23-43)59-48-36-47-46-30-29-41(61(2,3)4)35-51(46)62(49-26-16-14-24-44(49)45-25-15-17-27-50(45)62)52(47)37-57(48)66-60(59)63(58)53-31-28-40(39-18-8-5-9-19-39)34-54(53)64(55)42-20-10-6-11-21-42/h5-37H,1-4H3. The van der Waals surface area contributed by atoms with Gasteiger partial charge in [0.2, 0.25) is 0 Å². The second-order valence-electron chi connectivity index (χ2n) is 19.7. The summed E-state index contributed by atoms with van der Waals surface area (Å²) in [5.74, 6) is 0. The molecule has 66 heavy (non-hydrogen) atoms. The third-order valence-electron chi connectivity index (χ3n) is 15.0. The normalized spacial score (nSPS) is 14.4. The highest BCUT2D eigenvalue weighted by Gasteiger charge is 2.53. The minimum Gasteiger partial charge on any atom is -0.311 e. The fourth-order valence-corrected chi connectivity index (χ4v) is 13.6. The molecule has 10 aromatic rings. The van der Waals surface area contributed by atoms with Crippen LogP contribution in [0.15, 0.2) is 200 Å². The number of hydrogen-bond donors (Lipinski definition) is 0.